The van der Waals surface area contributed by atoms with Gasteiger partial charge >= 0.3 is 0 Å². The second kappa shape index (κ2) is 14.2. The van der Waals surface area contributed by atoms with E-state index in [1.807, 2.05) is 37.3 Å². The van der Waals surface area contributed by atoms with Crippen LogP contribution in [-0.4, -0.2) is 44.8 Å². The fourth-order valence-electron chi connectivity index (χ4n) is 7.30. The highest BCUT2D eigenvalue weighted by Crippen LogP contribution is 2.50. The van der Waals surface area contributed by atoms with E-state index < -0.39 is 32.7 Å². The van der Waals surface area contributed by atoms with Gasteiger partial charge in [0.25, 0.3) is 5.91 Å². The zero-order valence-electron chi connectivity index (χ0n) is 27.6. The number of methoxy groups -OCH3 is 1. The number of sulfonamides is 1. The van der Waals surface area contributed by atoms with E-state index in [9.17, 15) is 17.6 Å². The molecule has 8 nitrogen and oxygen atoms in total. The van der Waals surface area contributed by atoms with E-state index in [1.54, 1.807) is 44.4 Å². The number of carbonyl (C=O) groups is 1. The van der Waals surface area contributed by atoms with Crippen LogP contribution >= 0.6 is 11.6 Å². The van der Waals surface area contributed by atoms with Crippen molar-refractivity contribution in [3.05, 3.63) is 100 Å². The Balaban J connectivity index is 1.45. The Labute approximate surface area is 287 Å². The second-order valence-corrected chi connectivity index (χ2v) is 15.8. The van der Waals surface area contributed by atoms with Gasteiger partial charge in [0.2, 0.25) is 16.0 Å². The Morgan fingerprint density at radius 3 is 2.67 bits per heavy atom. The van der Waals surface area contributed by atoms with Gasteiger partial charge in [0.05, 0.1) is 16.6 Å². The standard InChI is InChI=1S/C37H43ClFN3O5S/c1-24-8-7-18-37(46-3,34-10-6-11-35(39)40-34)31-16-13-28(31)22-42-19-5-4-9-26-20-30(38)15-12-29(26)23-47-33-17-14-27(21-32(33)42)36(43)41-48(44,45)25(24)2/h6-7,10-12,14-15,17-18,20-21,24-25,28,31H,4-5,8-9,13,16,19,22-23H2,1-3H3,(H,41,43)/b18-7+/t24-,25+,28-,31+,37-/m0/s1. The zero-order valence-corrected chi connectivity index (χ0v) is 29.2. The molecule has 1 aromatic heterocycles. The maximum absolute atomic E-state index is 14.6. The number of nitrogens with zero attached hydrogens (tertiary/aromatic N) is 2. The Morgan fingerprint density at radius 1 is 1.08 bits per heavy atom. The highest BCUT2D eigenvalue weighted by atomic mass is 35.5. The molecule has 0 spiro atoms. The third-order valence-corrected chi connectivity index (χ3v) is 12.7. The number of ether oxygens (including phenoxy) is 2. The number of fused-ring (bicyclic) bond motifs is 3. The number of halogens is 2. The van der Waals surface area contributed by atoms with Crippen LogP contribution in [-0.2, 0) is 33.4 Å². The first-order chi connectivity index (χ1) is 23.0. The molecule has 0 radical (unpaired) electrons. The fraction of sp³-hybridized carbons (Fsp3) is 0.459. The minimum absolute atomic E-state index is 0.0298. The highest BCUT2D eigenvalue weighted by Gasteiger charge is 2.49. The first kappa shape index (κ1) is 34.4. The largest absolute Gasteiger partial charge is 0.487 e. The molecule has 3 heterocycles. The van der Waals surface area contributed by atoms with Crippen LogP contribution in [0, 0.1) is 23.7 Å². The van der Waals surface area contributed by atoms with Crippen molar-refractivity contribution < 1.29 is 27.1 Å². The van der Waals surface area contributed by atoms with Gasteiger partial charge in [-0.2, -0.15) is 4.39 Å². The Morgan fingerprint density at radius 2 is 1.92 bits per heavy atom. The van der Waals surface area contributed by atoms with Crippen molar-refractivity contribution in [1.29, 1.82) is 0 Å². The van der Waals surface area contributed by atoms with Gasteiger partial charge in [0, 0.05) is 36.7 Å². The Hall–Kier alpha value is -3.47. The molecule has 1 N–H and O–H groups in total. The summed E-state index contributed by atoms with van der Waals surface area (Å²) in [5.74, 6) is -0.877. The zero-order chi connectivity index (χ0) is 34.1. The summed E-state index contributed by atoms with van der Waals surface area (Å²) in [5, 5.41) is -0.183. The van der Waals surface area contributed by atoms with Crippen molar-refractivity contribution in [3.8, 4) is 5.75 Å². The number of allylic oxidation sites excluding steroid dienone is 1. The smallest absolute Gasteiger partial charge is 0.264 e. The van der Waals surface area contributed by atoms with Crippen molar-refractivity contribution in [1.82, 2.24) is 9.71 Å². The lowest BCUT2D eigenvalue weighted by atomic mass is 9.63. The normalized spacial score (nSPS) is 28.4. The predicted molar refractivity (Wildman–Crippen MR) is 185 cm³/mol. The predicted octanol–water partition coefficient (Wildman–Crippen LogP) is 7.21. The van der Waals surface area contributed by atoms with Gasteiger partial charge in [-0.1, -0.05) is 42.8 Å². The molecule has 2 aliphatic heterocycles. The monoisotopic (exact) mass is 695 g/mol. The summed E-state index contributed by atoms with van der Waals surface area (Å²) >= 11 is 6.35. The number of nitrogens with one attached hydrogen (secondary N) is 1. The van der Waals surface area contributed by atoms with E-state index in [2.05, 4.69) is 14.6 Å². The number of aromatic nitrogens is 1. The van der Waals surface area contributed by atoms with Crippen LogP contribution in [0.15, 0.2) is 66.7 Å². The number of rotatable bonds is 2. The molecule has 1 saturated carbocycles. The van der Waals surface area contributed by atoms with Crippen LogP contribution in [0.1, 0.15) is 73.1 Å². The summed E-state index contributed by atoms with van der Waals surface area (Å²) < 4.78 is 56.6. The van der Waals surface area contributed by atoms with Crippen molar-refractivity contribution in [2.24, 2.45) is 17.8 Å². The summed E-state index contributed by atoms with van der Waals surface area (Å²) in [7, 11) is -2.39. The number of hydrogen-bond acceptors (Lipinski definition) is 7. The van der Waals surface area contributed by atoms with Gasteiger partial charge in [-0.05, 0) is 111 Å². The minimum Gasteiger partial charge on any atom is -0.487 e. The summed E-state index contributed by atoms with van der Waals surface area (Å²) in [6.07, 6.45) is 8.67. The van der Waals surface area contributed by atoms with E-state index >= 15 is 0 Å². The van der Waals surface area contributed by atoms with Gasteiger partial charge in [-0.3, -0.25) is 4.79 Å². The number of pyridine rings is 1. The van der Waals surface area contributed by atoms with Gasteiger partial charge in [0.15, 0.2) is 0 Å². The third kappa shape index (κ3) is 6.98. The Kier molecular flexibility index (Phi) is 10.2. The molecule has 2 aromatic carbocycles. The molecule has 11 heteroatoms. The van der Waals surface area contributed by atoms with Crippen molar-refractivity contribution >= 4 is 33.2 Å². The van der Waals surface area contributed by atoms with Gasteiger partial charge in [-0.15, -0.1) is 0 Å². The molecule has 48 heavy (non-hydrogen) atoms. The number of aryl methyl sites for hydroxylation is 1. The molecule has 6 rings (SSSR count). The molecular formula is C37H43ClFN3O5S. The Bertz CT molecular complexity index is 1800. The van der Waals surface area contributed by atoms with Crippen molar-refractivity contribution in [2.75, 3.05) is 25.1 Å². The molecule has 1 aliphatic carbocycles. The van der Waals surface area contributed by atoms with E-state index in [1.165, 1.54) is 6.07 Å². The van der Waals surface area contributed by atoms with E-state index in [4.69, 9.17) is 21.1 Å². The SMILES string of the molecule is CO[C@@]1(c2cccc(F)n2)/C=C/C[C@H](C)[C@@H](C)S(=O)(=O)NC(=O)c2ccc3c(c2)N(CCCCc2cc(Cl)ccc2CO3)C[C@@H]2CC[C@H]21. The maximum Gasteiger partial charge on any atom is 0.264 e. The van der Waals surface area contributed by atoms with E-state index in [-0.39, 0.29) is 23.3 Å². The topological polar surface area (TPSA) is 97.8 Å². The number of anilines is 1. The van der Waals surface area contributed by atoms with E-state index in [0.29, 0.717) is 42.6 Å². The quantitative estimate of drug-likeness (QED) is 0.224. The third-order valence-electron chi connectivity index (χ3n) is 10.5. The lowest BCUT2D eigenvalue weighted by molar-refractivity contribution is -0.0833. The van der Waals surface area contributed by atoms with Crippen molar-refractivity contribution in [2.45, 2.75) is 69.8 Å². The molecule has 5 atom stereocenters. The van der Waals surface area contributed by atoms with Gasteiger partial charge in [0.1, 0.15) is 18.0 Å². The summed E-state index contributed by atoms with van der Waals surface area (Å²) in [6.45, 7) is 5.07. The average molecular weight is 696 g/mol. The van der Waals surface area contributed by atoms with Crippen LogP contribution in [0.4, 0.5) is 10.1 Å². The second-order valence-electron chi connectivity index (χ2n) is 13.4. The van der Waals surface area contributed by atoms with Crippen LogP contribution in [0.2, 0.25) is 5.02 Å². The lowest BCUT2D eigenvalue weighted by Gasteiger charge is -2.49. The first-order valence-corrected chi connectivity index (χ1v) is 18.6. The molecule has 2 bridgehead atoms. The number of hydrogen-bond donors (Lipinski definition) is 1. The van der Waals surface area contributed by atoms with Crippen LogP contribution in [0.25, 0.3) is 0 Å². The molecule has 0 unspecified atom stereocenters. The summed E-state index contributed by atoms with van der Waals surface area (Å²) in [6, 6.07) is 15.7. The molecule has 0 saturated heterocycles. The number of amides is 1. The van der Waals surface area contributed by atoms with Crippen LogP contribution in [0.3, 0.4) is 0 Å². The molecule has 3 aliphatic rings. The number of carbonyl (C=O) groups excluding carboxylic acids is 1. The summed E-state index contributed by atoms with van der Waals surface area (Å²) in [5.41, 5.74) is 2.61. The molecule has 3 aromatic rings. The van der Waals surface area contributed by atoms with Gasteiger partial charge in [-0.25, -0.2) is 18.1 Å². The van der Waals surface area contributed by atoms with E-state index in [0.717, 1.165) is 48.9 Å². The first-order valence-electron chi connectivity index (χ1n) is 16.7. The van der Waals surface area contributed by atoms with Gasteiger partial charge < -0.3 is 14.4 Å². The molecule has 256 valence electrons. The minimum atomic E-state index is -4.02. The summed E-state index contributed by atoms with van der Waals surface area (Å²) in [4.78, 5) is 20.0. The lowest BCUT2D eigenvalue weighted by Crippen LogP contribution is -2.50. The number of benzene rings is 2. The maximum atomic E-state index is 14.6. The fourth-order valence-corrected chi connectivity index (χ4v) is 8.78. The van der Waals surface area contributed by atoms with Crippen LogP contribution < -0.4 is 14.4 Å². The van der Waals surface area contributed by atoms with Crippen molar-refractivity contribution in [3.63, 3.8) is 0 Å². The average Bonchev–Trinajstić information content (AvgIpc) is 3.08. The molecular weight excluding hydrogens is 653 g/mol. The molecule has 1 amide bonds. The molecule has 1 fully saturated rings. The van der Waals surface area contributed by atoms with Crippen LogP contribution in [0.5, 0.6) is 5.75 Å². The highest BCUT2D eigenvalue weighted by molar-refractivity contribution is 7.90.